The fraction of sp³-hybridized carbons (Fsp3) is 0.462. The number of carboxylic acid groups (broad SMARTS) is 1. The second kappa shape index (κ2) is 5.78. The van der Waals surface area contributed by atoms with Crippen LogP contribution in [-0.2, 0) is 11.3 Å². The van der Waals surface area contributed by atoms with E-state index in [2.05, 4.69) is 15.9 Å². The Bertz CT molecular complexity index is 567. The predicted molar refractivity (Wildman–Crippen MR) is 75.2 cm³/mol. The van der Waals surface area contributed by atoms with E-state index in [-0.39, 0.29) is 13.1 Å². The monoisotopic (exact) mass is 385 g/mol. The second-order valence-electron chi connectivity index (χ2n) is 5.08. The Labute approximate surface area is 132 Å². The molecule has 0 aliphatic carbocycles. The molecule has 1 aliphatic rings. The van der Waals surface area contributed by atoms with Crippen LogP contribution in [0.15, 0.2) is 22.7 Å². The second-order valence-corrected chi connectivity index (χ2v) is 6.37. The quantitative estimate of drug-likeness (QED) is 0.855. The Hall–Kier alpha value is -0.790. The molecule has 0 amide bonds. The van der Waals surface area contributed by atoms with Crippen LogP contribution in [-0.4, -0.2) is 35.2 Å². The molecule has 1 atom stereocenters. The number of likely N-dealkylation sites (tertiary alicyclic amines) is 1. The Morgan fingerprint density at radius 1 is 1.48 bits per heavy atom. The van der Waals surface area contributed by atoms with Crippen LogP contribution < -0.4 is 0 Å². The van der Waals surface area contributed by atoms with Crippen molar-refractivity contribution in [3.8, 4) is 0 Å². The van der Waals surface area contributed by atoms with Gasteiger partial charge >= 0.3 is 12.1 Å². The number of carboxylic acids is 1. The first kappa shape index (κ1) is 16.6. The Kier molecular flexibility index (Phi) is 4.56. The third kappa shape index (κ3) is 3.19. The Morgan fingerprint density at radius 2 is 2.14 bits per heavy atom. The van der Waals surface area contributed by atoms with Crippen LogP contribution in [0.5, 0.6) is 0 Å². The van der Waals surface area contributed by atoms with Gasteiger partial charge in [0.25, 0.3) is 0 Å². The largest absolute Gasteiger partial charge is 0.481 e. The number of halogens is 5. The van der Waals surface area contributed by atoms with E-state index in [0.717, 1.165) is 5.56 Å². The first-order chi connectivity index (χ1) is 9.65. The average Bonchev–Trinajstić information content (AvgIpc) is 2.77. The van der Waals surface area contributed by atoms with Gasteiger partial charge in [0, 0.05) is 29.1 Å². The van der Waals surface area contributed by atoms with Crippen molar-refractivity contribution in [1.29, 1.82) is 0 Å². The van der Waals surface area contributed by atoms with Crippen molar-refractivity contribution in [3.05, 3.63) is 33.3 Å². The molecule has 3 nitrogen and oxygen atoms in total. The first-order valence-corrected chi connectivity index (χ1v) is 7.29. The number of aliphatic carboxylic acids is 1. The van der Waals surface area contributed by atoms with Gasteiger partial charge in [0.15, 0.2) is 5.41 Å². The highest BCUT2D eigenvalue weighted by molar-refractivity contribution is 9.10. The van der Waals surface area contributed by atoms with E-state index < -0.39 is 30.5 Å². The van der Waals surface area contributed by atoms with Gasteiger partial charge in [0.05, 0.1) is 0 Å². The number of benzene rings is 1. The van der Waals surface area contributed by atoms with Crippen LogP contribution in [0.4, 0.5) is 13.2 Å². The summed E-state index contributed by atoms with van der Waals surface area (Å²) in [5, 5.41) is 9.52. The molecule has 1 aromatic rings. The van der Waals surface area contributed by atoms with Gasteiger partial charge in [-0.25, -0.2) is 0 Å². The molecule has 0 bridgehead atoms. The highest BCUT2D eigenvalue weighted by Crippen LogP contribution is 2.46. The average molecular weight is 387 g/mol. The fourth-order valence-corrected chi connectivity index (χ4v) is 3.25. The maximum Gasteiger partial charge on any atom is 0.406 e. The number of hydrogen-bond acceptors (Lipinski definition) is 2. The van der Waals surface area contributed by atoms with Crippen LogP contribution in [0, 0.1) is 5.41 Å². The summed E-state index contributed by atoms with van der Waals surface area (Å²) in [6.45, 7) is -0.218. The van der Waals surface area contributed by atoms with Gasteiger partial charge in [-0.05, 0) is 24.1 Å². The zero-order chi connectivity index (χ0) is 15.8. The zero-order valence-electron chi connectivity index (χ0n) is 10.8. The summed E-state index contributed by atoms with van der Waals surface area (Å²) < 4.78 is 39.9. The molecule has 1 heterocycles. The minimum atomic E-state index is -4.76. The van der Waals surface area contributed by atoms with Crippen molar-refractivity contribution in [2.45, 2.75) is 19.1 Å². The number of alkyl halides is 3. The molecule has 0 aromatic heterocycles. The van der Waals surface area contributed by atoms with Crippen LogP contribution in [0.1, 0.15) is 12.0 Å². The maximum atomic E-state index is 13.1. The fourth-order valence-electron chi connectivity index (χ4n) is 2.44. The third-order valence-electron chi connectivity index (χ3n) is 3.71. The predicted octanol–water partition coefficient (Wildman–Crippen LogP) is 3.94. The first-order valence-electron chi connectivity index (χ1n) is 6.12. The summed E-state index contributed by atoms with van der Waals surface area (Å²) in [5.41, 5.74) is -1.91. The smallest absolute Gasteiger partial charge is 0.406 e. The molecular formula is C13H12BrClF3NO2. The molecule has 0 saturated carbocycles. The maximum absolute atomic E-state index is 13.1. The highest BCUT2D eigenvalue weighted by Gasteiger charge is 2.63. The molecule has 1 aliphatic heterocycles. The van der Waals surface area contributed by atoms with E-state index >= 15 is 0 Å². The van der Waals surface area contributed by atoms with Crippen molar-refractivity contribution in [2.75, 3.05) is 13.1 Å². The van der Waals surface area contributed by atoms with Crippen molar-refractivity contribution in [3.63, 3.8) is 0 Å². The number of rotatable bonds is 3. The lowest BCUT2D eigenvalue weighted by atomic mass is 9.86. The van der Waals surface area contributed by atoms with Gasteiger partial charge in [-0.15, -0.1) is 0 Å². The van der Waals surface area contributed by atoms with E-state index in [1.807, 2.05) is 0 Å². The SMILES string of the molecule is O=C(O)C1(C(F)(F)F)CCN(Cc2ccc(Cl)cc2Br)C1. The number of carbonyl (C=O) groups is 1. The molecule has 1 fully saturated rings. The molecular weight excluding hydrogens is 374 g/mol. The van der Waals surface area contributed by atoms with Crippen LogP contribution >= 0.6 is 27.5 Å². The number of hydrogen-bond donors (Lipinski definition) is 1. The molecule has 0 spiro atoms. The van der Waals surface area contributed by atoms with Crippen LogP contribution in [0.25, 0.3) is 0 Å². The van der Waals surface area contributed by atoms with Crippen molar-refractivity contribution >= 4 is 33.5 Å². The summed E-state index contributed by atoms with van der Waals surface area (Å²) in [5.74, 6) is -1.81. The molecule has 21 heavy (non-hydrogen) atoms. The summed E-state index contributed by atoms with van der Waals surface area (Å²) in [7, 11) is 0. The standard InChI is InChI=1S/C13H12BrClF3NO2/c14-10-5-9(15)2-1-8(10)6-19-4-3-12(7-19,11(20)21)13(16,17)18/h1-2,5H,3-4,6-7H2,(H,20,21). The summed E-state index contributed by atoms with van der Waals surface area (Å²) in [4.78, 5) is 12.6. The van der Waals surface area contributed by atoms with Crippen LogP contribution in [0.3, 0.4) is 0 Å². The molecule has 1 aromatic carbocycles. The minimum absolute atomic E-state index is 0.0842. The lowest BCUT2D eigenvalue weighted by Crippen LogP contribution is -2.47. The molecule has 1 N–H and O–H groups in total. The van der Waals surface area contributed by atoms with Gasteiger partial charge < -0.3 is 5.11 Å². The van der Waals surface area contributed by atoms with Crippen molar-refractivity contribution in [2.24, 2.45) is 5.41 Å². The van der Waals surface area contributed by atoms with Gasteiger partial charge in [0.1, 0.15) is 0 Å². The van der Waals surface area contributed by atoms with Gasteiger partial charge in [0.2, 0.25) is 0 Å². The summed E-state index contributed by atoms with van der Waals surface area (Å²) in [6, 6.07) is 5.01. The van der Waals surface area contributed by atoms with E-state index in [9.17, 15) is 18.0 Å². The lowest BCUT2D eigenvalue weighted by Gasteiger charge is -2.27. The lowest BCUT2D eigenvalue weighted by molar-refractivity contribution is -0.227. The number of nitrogens with zero attached hydrogens (tertiary/aromatic N) is 1. The summed E-state index contributed by atoms with van der Waals surface area (Å²) >= 11 is 9.11. The molecule has 1 saturated heterocycles. The third-order valence-corrected chi connectivity index (χ3v) is 4.68. The molecule has 1 unspecified atom stereocenters. The molecule has 116 valence electrons. The minimum Gasteiger partial charge on any atom is -0.481 e. The van der Waals surface area contributed by atoms with E-state index in [1.54, 1.807) is 18.2 Å². The van der Waals surface area contributed by atoms with E-state index in [4.69, 9.17) is 16.7 Å². The Balaban J connectivity index is 2.17. The van der Waals surface area contributed by atoms with E-state index in [1.165, 1.54) is 4.90 Å². The highest BCUT2D eigenvalue weighted by atomic mass is 79.9. The van der Waals surface area contributed by atoms with Crippen LogP contribution in [0.2, 0.25) is 5.02 Å². The Morgan fingerprint density at radius 3 is 2.62 bits per heavy atom. The van der Waals surface area contributed by atoms with Gasteiger partial charge in [-0.1, -0.05) is 33.6 Å². The van der Waals surface area contributed by atoms with Gasteiger partial charge in [-0.2, -0.15) is 13.2 Å². The van der Waals surface area contributed by atoms with Crippen molar-refractivity contribution < 1.29 is 23.1 Å². The van der Waals surface area contributed by atoms with Crippen molar-refractivity contribution in [1.82, 2.24) is 4.90 Å². The van der Waals surface area contributed by atoms with E-state index in [0.29, 0.717) is 9.50 Å². The molecule has 2 rings (SSSR count). The topological polar surface area (TPSA) is 40.5 Å². The normalized spacial score (nSPS) is 23.5. The molecule has 0 radical (unpaired) electrons. The zero-order valence-corrected chi connectivity index (χ0v) is 13.1. The van der Waals surface area contributed by atoms with Gasteiger partial charge in [-0.3, -0.25) is 9.69 Å². The summed E-state index contributed by atoms with van der Waals surface area (Å²) in [6.07, 6.45) is -5.19. The molecule has 8 heteroatoms.